The van der Waals surface area contributed by atoms with Gasteiger partial charge in [-0.15, -0.1) is 0 Å². The van der Waals surface area contributed by atoms with Crippen LogP contribution in [0.3, 0.4) is 0 Å². The van der Waals surface area contributed by atoms with Crippen LogP contribution in [0.15, 0.2) is 18.2 Å². The van der Waals surface area contributed by atoms with E-state index in [0.29, 0.717) is 17.5 Å². The number of phenolic OH excluding ortho intramolecular Hbond substituents is 1. The zero-order valence-corrected chi connectivity index (χ0v) is 12.0. The lowest BCUT2D eigenvalue weighted by Crippen LogP contribution is -2.33. The number of phenols is 1. The minimum absolute atomic E-state index is 0.313. The first-order valence-electron chi connectivity index (χ1n) is 7.30. The molecule has 2 rings (SSSR count). The molecule has 106 valence electrons. The van der Waals surface area contributed by atoms with Crippen molar-refractivity contribution in [2.45, 2.75) is 51.6 Å². The molecule has 1 aromatic rings. The molecule has 0 aliphatic heterocycles. The van der Waals surface area contributed by atoms with Gasteiger partial charge in [0.1, 0.15) is 11.5 Å². The average molecular weight is 263 g/mol. The molecule has 3 heteroatoms. The summed E-state index contributed by atoms with van der Waals surface area (Å²) in [7, 11) is 1.61. The third-order valence-corrected chi connectivity index (χ3v) is 4.21. The lowest BCUT2D eigenvalue weighted by Gasteiger charge is -2.23. The van der Waals surface area contributed by atoms with E-state index in [1.54, 1.807) is 13.2 Å². The zero-order valence-electron chi connectivity index (χ0n) is 12.0. The number of hydrogen-bond acceptors (Lipinski definition) is 3. The molecule has 0 aromatic heterocycles. The van der Waals surface area contributed by atoms with Crippen LogP contribution in [-0.4, -0.2) is 18.3 Å². The lowest BCUT2D eigenvalue weighted by molar-refractivity contribution is 0.352. The maximum Gasteiger partial charge on any atom is 0.123 e. The van der Waals surface area contributed by atoms with Crippen LogP contribution in [0.5, 0.6) is 11.5 Å². The summed E-state index contributed by atoms with van der Waals surface area (Å²) >= 11 is 0. The summed E-state index contributed by atoms with van der Waals surface area (Å²) in [5, 5.41) is 13.6. The van der Waals surface area contributed by atoms with Crippen LogP contribution in [0.1, 0.15) is 44.6 Å². The molecule has 1 aliphatic carbocycles. The Bertz CT molecular complexity index is 406. The van der Waals surface area contributed by atoms with Gasteiger partial charge in [0.05, 0.1) is 7.11 Å². The van der Waals surface area contributed by atoms with Crippen LogP contribution in [-0.2, 0) is 6.54 Å². The smallest absolute Gasteiger partial charge is 0.123 e. The van der Waals surface area contributed by atoms with E-state index in [4.69, 9.17) is 4.74 Å². The highest BCUT2D eigenvalue weighted by atomic mass is 16.5. The third-order valence-electron chi connectivity index (χ3n) is 4.21. The molecule has 0 saturated heterocycles. The Hall–Kier alpha value is -1.22. The fourth-order valence-corrected chi connectivity index (χ4v) is 2.86. The molecule has 1 aromatic carbocycles. The molecule has 1 aliphatic rings. The van der Waals surface area contributed by atoms with Crippen LogP contribution in [0.25, 0.3) is 0 Å². The molecule has 0 heterocycles. The van der Waals surface area contributed by atoms with Crippen molar-refractivity contribution in [3.8, 4) is 11.5 Å². The highest BCUT2D eigenvalue weighted by Crippen LogP contribution is 2.26. The Balaban J connectivity index is 1.94. The molecule has 1 fully saturated rings. The molecule has 0 amide bonds. The third kappa shape index (κ3) is 3.87. The SMILES string of the molecule is COc1ccc(CNC2CCCCCC2C)c(O)c1. The van der Waals surface area contributed by atoms with Gasteiger partial charge in [-0.2, -0.15) is 0 Å². The summed E-state index contributed by atoms with van der Waals surface area (Å²) in [6.45, 7) is 3.06. The van der Waals surface area contributed by atoms with Gasteiger partial charge in [0.2, 0.25) is 0 Å². The van der Waals surface area contributed by atoms with E-state index >= 15 is 0 Å². The highest BCUT2D eigenvalue weighted by molar-refractivity contribution is 5.39. The maximum absolute atomic E-state index is 9.95. The molecule has 1 saturated carbocycles. The molecule has 0 bridgehead atoms. The van der Waals surface area contributed by atoms with Crippen LogP contribution >= 0.6 is 0 Å². The number of ether oxygens (including phenoxy) is 1. The van der Waals surface area contributed by atoms with E-state index in [2.05, 4.69) is 12.2 Å². The molecule has 19 heavy (non-hydrogen) atoms. The second kappa shape index (κ2) is 6.80. The number of methoxy groups -OCH3 is 1. The molecule has 2 N–H and O–H groups in total. The standard InChI is InChI=1S/C16H25NO2/c1-12-6-4-3-5-7-15(12)17-11-13-8-9-14(19-2)10-16(13)18/h8-10,12,15,17-18H,3-7,11H2,1-2H3. The number of benzene rings is 1. The quantitative estimate of drug-likeness (QED) is 0.817. The minimum Gasteiger partial charge on any atom is -0.507 e. The Morgan fingerprint density at radius 2 is 2.05 bits per heavy atom. The summed E-state index contributed by atoms with van der Waals surface area (Å²) in [4.78, 5) is 0. The summed E-state index contributed by atoms with van der Waals surface area (Å²) < 4.78 is 5.10. The van der Waals surface area contributed by atoms with E-state index in [-0.39, 0.29) is 0 Å². The topological polar surface area (TPSA) is 41.5 Å². The fourth-order valence-electron chi connectivity index (χ4n) is 2.86. The first-order chi connectivity index (χ1) is 9.20. The molecule has 0 spiro atoms. The summed E-state index contributed by atoms with van der Waals surface area (Å²) in [5.41, 5.74) is 0.942. The van der Waals surface area contributed by atoms with Crippen molar-refractivity contribution in [1.29, 1.82) is 0 Å². The van der Waals surface area contributed by atoms with E-state index in [0.717, 1.165) is 18.0 Å². The van der Waals surface area contributed by atoms with Gasteiger partial charge in [-0.05, 0) is 24.8 Å². The molecule has 2 atom stereocenters. The summed E-state index contributed by atoms with van der Waals surface area (Å²) in [6.07, 6.45) is 6.59. The van der Waals surface area contributed by atoms with Gasteiger partial charge in [0.25, 0.3) is 0 Å². The molecular formula is C16H25NO2. The highest BCUT2D eigenvalue weighted by Gasteiger charge is 2.19. The Labute approximate surface area is 116 Å². The van der Waals surface area contributed by atoms with E-state index in [9.17, 15) is 5.11 Å². The van der Waals surface area contributed by atoms with Gasteiger partial charge in [0.15, 0.2) is 0 Å². The molecule has 0 radical (unpaired) electrons. The number of hydrogen-bond donors (Lipinski definition) is 2. The Kier molecular flexibility index (Phi) is 5.08. The predicted molar refractivity (Wildman–Crippen MR) is 77.5 cm³/mol. The van der Waals surface area contributed by atoms with Gasteiger partial charge in [-0.3, -0.25) is 0 Å². The van der Waals surface area contributed by atoms with Gasteiger partial charge in [-0.1, -0.05) is 32.3 Å². The number of nitrogens with one attached hydrogen (secondary N) is 1. The number of rotatable bonds is 4. The van der Waals surface area contributed by atoms with Crippen molar-refractivity contribution in [3.05, 3.63) is 23.8 Å². The van der Waals surface area contributed by atoms with Gasteiger partial charge in [0, 0.05) is 24.2 Å². The first kappa shape index (κ1) is 14.2. The van der Waals surface area contributed by atoms with Crippen LogP contribution in [0, 0.1) is 5.92 Å². The average Bonchev–Trinajstić information content (AvgIpc) is 2.62. The van der Waals surface area contributed by atoms with E-state index in [1.807, 2.05) is 12.1 Å². The normalized spacial score (nSPS) is 23.9. The van der Waals surface area contributed by atoms with Crippen molar-refractivity contribution < 1.29 is 9.84 Å². The Morgan fingerprint density at radius 3 is 2.79 bits per heavy atom. The second-order valence-electron chi connectivity index (χ2n) is 5.60. The summed E-state index contributed by atoms with van der Waals surface area (Å²) in [6, 6.07) is 6.08. The van der Waals surface area contributed by atoms with E-state index in [1.165, 1.54) is 32.1 Å². The predicted octanol–water partition coefficient (Wildman–Crippen LogP) is 3.46. The molecule has 3 nitrogen and oxygen atoms in total. The Morgan fingerprint density at radius 1 is 1.26 bits per heavy atom. The maximum atomic E-state index is 9.95. The monoisotopic (exact) mass is 263 g/mol. The van der Waals surface area contributed by atoms with Gasteiger partial charge in [-0.25, -0.2) is 0 Å². The summed E-state index contributed by atoms with van der Waals surface area (Å²) in [5.74, 6) is 1.74. The van der Waals surface area contributed by atoms with Crippen LogP contribution in [0.4, 0.5) is 0 Å². The molecule has 2 unspecified atom stereocenters. The minimum atomic E-state index is 0.313. The first-order valence-corrected chi connectivity index (χ1v) is 7.30. The second-order valence-corrected chi connectivity index (χ2v) is 5.60. The zero-order chi connectivity index (χ0) is 13.7. The lowest BCUT2D eigenvalue weighted by atomic mass is 9.96. The van der Waals surface area contributed by atoms with Crippen LogP contribution in [0.2, 0.25) is 0 Å². The van der Waals surface area contributed by atoms with Crippen molar-refractivity contribution in [3.63, 3.8) is 0 Å². The number of aromatic hydroxyl groups is 1. The van der Waals surface area contributed by atoms with Crippen molar-refractivity contribution in [2.75, 3.05) is 7.11 Å². The van der Waals surface area contributed by atoms with Gasteiger partial charge < -0.3 is 15.2 Å². The van der Waals surface area contributed by atoms with Crippen molar-refractivity contribution in [2.24, 2.45) is 5.92 Å². The van der Waals surface area contributed by atoms with Crippen molar-refractivity contribution >= 4 is 0 Å². The largest absolute Gasteiger partial charge is 0.507 e. The van der Waals surface area contributed by atoms with Crippen molar-refractivity contribution in [1.82, 2.24) is 5.32 Å². The van der Waals surface area contributed by atoms with E-state index < -0.39 is 0 Å². The van der Waals surface area contributed by atoms with Gasteiger partial charge >= 0.3 is 0 Å². The fraction of sp³-hybridized carbons (Fsp3) is 0.625. The molecular weight excluding hydrogens is 238 g/mol. The van der Waals surface area contributed by atoms with Crippen LogP contribution < -0.4 is 10.1 Å².